The minimum Gasteiger partial charge on any atom is -0.491 e. The van der Waals surface area contributed by atoms with Gasteiger partial charge in [0.1, 0.15) is 10.0 Å². The molecule has 0 heterocycles. The molecule has 0 amide bonds. The van der Waals surface area contributed by atoms with Gasteiger partial charge in [-0.1, -0.05) is 45.4 Å². The Morgan fingerprint density at radius 2 is 1.45 bits per heavy atom. The monoisotopic (exact) mass is 330 g/mol. The van der Waals surface area contributed by atoms with Crippen molar-refractivity contribution in [2.45, 2.75) is 52.4 Å². The van der Waals surface area contributed by atoms with Crippen LogP contribution in [0.2, 0.25) is 0 Å². The van der Waals surface area contributed by atoms with E-state index in [9.17, 15) is 8.42 Å². The fraction of sp³-hybridized carbons (Fsp3) is 0.562. The molecule has 1 aromatic carbocycles. The second-order valence-electron chi connectivity index (χ2n) is 7.09. The average Bonchev–Trinajstić information content (AvgIpc) is 2.57. The first-order valence-electron chi connectivity index (χ1n) is 7.17. The van der Waals surface area contributed by atoms with Crippen LogP contribution in [-0.2, 0) is 10.0 Å². The van der Waals surface area contributed by atoms with Gasteiger partial charge in [-0.15, -0.1) is 0 Å². The van der Waals surface area contributed by atoms with Crippen LogP contribution < -0.4 is 29.6 Å². The Hall–Kier alpha value is -0.360. The molecule has 1 aliphatic carbocycles. The summed E-state index contributed by atoms with van der Waals surface area (Å²) < 4.78 is 24.5. The summed E-state index contributed by atoms with van der Waals surface area (Å²) in [6, 6.07) is 6.66. The molecule has 1 saturated carbocycles. The number of sulfonamides is 1. The zero-order valence-corrected chi connectivity index (χ0v) is 17.2. The van der Waals surface area contributed by atoms with Gasteiger partial charge >= 0.3 is 29.6 Å². The van der Waals surface area contributed by atoms with Crippen LogP contribution >= 0.6 is 0 Å². The van der Waals surface area contributed by atoms with Crippen LogP contribution in [-0.4, -0.2) is 14.1 Å². The fourth-order valence-corrected chi connectivity index (χ4v) is 3.66. The SMILES string of the molecule is Cc1ccc(S(=O)(=O)[N-]N=C2C(C)(C)CCC2(C)C)cc1.[Na+]. The van der Waals surface area contributed by atoms with E-state index in [0.29, 0.717) is 0 Å². The topological polar surface area (TPSA) is 60.6 Å². The Labute approximate surface area is 156 Å². The molecule has 0 bridgehead atoms. The molecule has 1 fully saturated rings. The Morgan fingerprint density at radius 3 is 1.91 bits per heavy atom. The van der Waals surface area contributed by atoms with Crippen LogP contribution in [0.15, 0.2) is 34.3 Å². The summed E-state index contributed by atoms with van der Waals surface area (Å²) in [6.07, 6.45) is 2.00. The summed E-state index contributed by atoms with van der Waals surface area (Å²) in [4.78, 5) is 3.88. The maximum absolute atomic E-state index is 12.2. The number of rotatable bonds is 3. The van der Waals surface area contributed by atoms with Crippen molar-refractivity contribution in [3.63, 3.8) is 0 Å². The summed E-state index contributed by atoms with van der Waals surface area (Å²) in [5, 5.41) is 4.15. The minimum absolute atomic E-state index is 0. The predicted molar refractivity (Wildman–Crippen MR) is 86.0 cm³/mol. The van der Waals surface area contributed by atoms with E-state index in [1.807, 2.05) is 6.92 Å². The van der Waals surface area contributed by atoms with Crippen molar-refractivity contribution < 1.29 is 38.0 Å². The molecule has 2 rings (SSSR count). The predicted octanol–water partition coefficient (Wildman–Crippen LogP) is 1.26. The Kier molecular flexibility index (Phi) is 5.94. The van der Waals surface area contributed by atoms with Gasteiger partial charge in [-0.05, 0) is 31.9 Å². The van der Waals surface area contributed by atoms with Gasteiger partial charge < -0.3 is 9.93 Å². The van der Waals surface area contributed by atoms with E-state index in [-0.39, 0.29) is 45.3 Å². The zero-order valence-electron chi connectivity index (χ0n) is 14.3. The molecule has 0 saturated heterocycles. The van der Waals surface area contributed by atoms with Crippen molar-refractivity contribution in [3.8, 4) is 0 Å². The molecular formula is C16H23N2NaO2S. The Morgan fingerprint density at radius 1 is 1.00 bits per heavy atom. The Balaban J connectivity index is 0.00000242. The second kappa shape index (κ2) is 6.63. The number of hydrogen-bond donors (Lipinski definition) is 0. The van der Waals surface area contributed by atoms with E-state index < -0.39 is 10.0 Å². The van der Waals surface area contributed by atoms with Gasteiger partial charge in [-0.3, -0.25) is 0 Å². The van der Waals surface area contributed by atoms with Gasteiger partial charge in [0, 0.05) is 16.5 Å². The van der Waals surface area contributed by atoms with Crippen LogP contribution in [0.4, 0.5) is 0 Å². The zero-order chi connectivity index (χ0) is 15.9. The molecule has 4 nitrogen and oxygen atoms in total. The first kappa shape index (κ1) is 19.7. The first-order valence-corrected chi connectivity index (χ1v) is 8.61. The molecule has 0 unspecified atom stereocenters. The number of hydrogen-bond acceptors (Lipinski definition) is 3. The van der Waals surface area contributed by atoms with Crippen LogP contribution in [0.3, 0.4) is 0 Å². The van der Waals surface area contributed by atoms with Crippen molar-refractivity contribution in [3.05, 3.63) is 34.7 Å². The summed E-state index contributed by atoms with van der Waals surface area (Å²) in [5.74, 6) is 0. The third kappa shape index (κ3) is 4.13. The Bertz CT molecular complexity index is 644. The van der Waals surface area contributed by atoms with Crippen molar-refractivity contribution in [1.82, 2.24) is 0 Å². The summed E-state index contributed by atoms with van der Waals surface area (Å²) >= 11 is 0. The van der Waals surface area contributed by atoms with Gasteiger partial charge in [0.15, 0.2) is 0 Å². The molecule has 1 aliphatic rings. The largest absolute Gasteiger partial charge is 1.00 e. The molecule has 0 spiro atoms. The molecule has 1 aromatic rings. The number of nitrogens with zero attached hydrogens (tertiary/aromatic N) is 2. The van der Waals surface area contributed by atoms with Crippen LogP contribution in [0.5, 0.6) is 0 Å². The molecule has 116 valence electrons. The smallest absolute Gasteiger partial charge is 0.491 e. The number of benzene rings is 1. The fourth-order valence-electron chi connectivity index (χ4n) is 2.90. The molecule has 0 radical (unpaired) electrons. The molecule has 22 heavy (non-hydrogen) atoms. The second-order valence-corrected chi connectivity index (χ2v) is 8.67. The summed E-state index contributed by atoms with van der Waals surface area (Å²) in [5.41, 5.74) is 1.68. The maximum atomic E-state index is 12.2. The van der Waals surface area contributed by atoms with Crippen molar-refractivity contribution in [2.24, 2.45) is 15.9 Å². The molecule has 0 aliphatic heterocycles. The summed E-state index contributed by atoms with van der Waals surface area (Å²) in [7, 11) is -3.73. The van der Waals surface area contributed by atoms with Crippen molar-refractivity contribution >= 4 is 15.7 Å². The van der Waals surface area contributed by atoms with Gasteiger partial charge in [-0.2, -0.15) is 0 Å². The normalized spacial score (nSPS) is 19.4. The molecule has 0 N–H and O–H groups in total. The minimum atomic E-state index is -3.73. The summed E-state index contributed by atoms with van der Waals surface area (Å²) in [6.45, 7) is 10.3. The van der Waals surface area contributed by atoms with Gasteiger partial charge in [-0.25, -0.2) is 8.42 Å². The third-order valence-corrected chi connectivity index (χ3v) is 5.39. The third-order valence-electron chi connectivity index (χ3n) is 4.22. The molecular weight excluding hydrogens is 307 g/mol. The molecule has 6 heteroatoms. The standard InChI is InChI=1S/C16H23N2O2S.Na/c1-12-6-8-13(9-7-12)21(19,20)18-17-14-15(2,3)10-11-16(14,4)5;/h6-9H,10-11H2,1-5H3;/q-1;+1. The van der Waals surface area contributed by atoms with E-state index in [4.69, 9.17) is 0 Å². The van der Waals surface area contributed by atoms with Gasteiger partial charge in [0.05, 0.1) is 4.90 Å². The molecule has 0 aromatic heterocycles. The van der Waals surface area contributed by atoms with E-state index in [2.05, 4.69) is 37.6 Å². The van der Waals surface area contributed by atoms with E-state index >= 15 is 0 Å². The van der Waals surface area contributed by atoms with E-state index in [0.717, 1.165) is 24.1 Å². The van der Waals surface area contributed by atoms with Crippen LogP contribution in [0, 0.1) is 17.8 Å². The van der Waals surface area contributed by atoms with Gasteiger partial charge in [0.2, 0.25) is 0 Å². The quantitative estimate of drug-likeness (QED) is 0.619. The van der Waals surface area contributed by atoms with Crippen molar-refractivity contribution in [2.75, 3.05) is 0 Å². The van der Waals surface area contributed by atoms with Gasteiger partial charge in [0.25, 0.3) is 0 Å². The van der Waals surface area contributed by atoms with E-state index in [1.165, 1.54) is 0 Å². The first-order chi connectivity index (χ1) is 9.55. The average molecular weight is 330 g/mol. The van der Waals surface area contributed by atoms with Crippen LogP contribution in [0.1, 0.15) is 46.1 Å². The van der Waals surface area contributed by atoms with E-state index in [1.54, 1.807) is 24.3 Å². The maximum Gasteiger partial charge on any atom is 1.00 e. The number of aryl methyl sites for hydroxylation is 1. The van der Waals surface area contributed by atoms with Crippen molar-refractivity contribution in [1.29, 1.82) is 0 Å². The van der Waals surface area contributed by atoms with Crippen LogP contribution in [0.25, 0.3) is 4.83 Å². The molecule has 0 atom stereocenters.